The lowest BCUT2D eigenvalue weighted by Crippen LogP contribution is -2.34. The molecule has 2 aromatic carbocycles. The molecule has 4 heteroatoms. The highest BCUT2D eigenvalue weighted by Gasteiger charge is 2.41. The first-order valence-corrected chi connectivity index (χ1v) is 13.6. The van der Waals surface area contributed by atoms with Crippen LogP contribution in [0.2, 0.25) is 0 Å². The van der Waals surface area contributed by atoms with Crippen LogP contribution in [-0.2, 0) is 6.42 Å². The fourth-order valence-corrected chi connectivity index (χ4v) is 5.35. The van der Waals surface area contributed by atoms with Gasteiger partial charge in [0.15, 0.2) is 0 Å². The van der Waals surface area contributed by atoms with E-state index < -0.39 is 0 Å². The summed E-state index contributed by atoms with van der Waals surface area (Å²) in [5.41, 5.74) is 9.58. The van der Waals surface area contributed by atoms with Crippen molar-refractivity contribution in [2.45, 2.75) is 46.5 Å². The summed E-state index contributed by atoms with van der Waals surface area (Å²) < 4.78 is 0. The summed E-state index contributed by atoms with van der Waals surface area (Å²) in [4.78, 5) is 4.72. The number of anilines is 1. The van der Waals surface area contributed by atoms with Gasteiger partial charge in [-0.3, -0.25) is 4.98 Å². The lowest BCUT2D eigenvalue weighted by molar-refractivity contribution is 0.445. The molecule has 1 aliphatic rings. The Hall–Kier alpha value is -3.76. The van der Waals surface area contributed by atoms with Crippen LogP contribution in [0.1, 0.15) is 48.6 Å². The largest absolute Gasteiger partial charge is 0.355 e. The Labute approximate surface area is 228 Å². The Morgan fingerprint density at radius 2 is 1.84 bits per heavy atom. The van der Waals surface area contributed by atoms with Gasteiger partial charge in [-0.2, -0.15) is 0 Å². The summed E-state index contributed by atoms with van der Waals surface area (Å²) in [6.45, 7) is 13.0. The quantitative estimate of drug-likeness (QED) is 0.175. The van der Waals surface area contributed by atoms with Crippen molar-refractivity contribution < 1.29 is 0 Å². The van der Waals surface area contributed by atoms with Crippen LogP contribution in [0.5, 0.6) is 0 Å². The molecule has 0 saturated carbocycles. The summed E-state index contributed by atoms with van der Waals surface area (Å²) in [6, 6.07) is 23.2. The number of benzene rings is 2. The third-order valence-electron chi connectivity index (χ3n) is 7.41. The molecule has 4 nitrogen and oxygen atoms in total. The molecule has 1 unspecified atom stereocenters. The van der Waals surface area contributed by atoms with Gasteiger partial charge in [0.1, 0.15) is 0 Å². The van der Waals surface area contributed by atoms with Crippen molar-refractivity contribution in [2.24, 2.45) is 5.41 Å². The van der Waals surface area contributed by atoms with Gasteiger partial charge in [0.25, 0.3) is 0 Å². The van der Waals surface area contributed by atoms with E-state index in [1.165, 1.54) is 28.5 Å². The Kier molecular flexibility index (Phi) is 9.09. The predicted molar refractivity (Wildman–Crippen MR) is 162 cm³/mol. The van der Waals surface area contributed by atoms with Gasteiger partial charge in [-0.15, -0.1) is 0 Å². The van der Waals surface area contributed by atoms with Crippen molar-refractivity contribution in [3.63, 3.8) is 0 Å². The molecule has 3 N–H and O–H groups in total. The summed E-state index contributed by atoms with van der Waals surface area (Å²) in [7, 11) is 0. The van der Waals surface area contributed by atoms with Crippen LogP contribution in [0, 0.1) is 24.7 Å². The van der Waals surface area contributed by atoms with Crippen molar-refractivity contribution in [3.8, 4) is 0 Å². The first kappa shape index (κ1) is 27.3. The van der Waals surface area contributed by atoms with Gasteiger partial charge >= 0.3 is 0 Å². The minimum atomic E-state index is -0.388. The third kappa shape index (κ3) is 6.38. The molecule has 0 radical (unpaired) electrons. The van der Waals surface area contributed by atoms with Crippen LogP contribution in [0.25, 0.3) is 5.57 Å². The van der Waals surface area contributed by atoms with Crippen molar-refractivity contribution in [3.05, 3.63) is 125 Å². The van der Waals surface area contributed by atoms with Crippen LogP contribution >= 0.6 is 0 Å². The van der Waals surface area contributed by atoms with Crippen molar-refractivity contribution >= 4 is 17.5 Å². The van der Waals surface area contributed by atoms with Crippen LogP contribution < -0.4 is 10.6 Å². The average molecular weight is 505 g/mol. The van der Waals surface area contributed by atoms with Gasteiger partial charge in [0, 0.05) is 29.2 Å². The molecule has 0 saturated heterocycles. The number of hydrogen-bond acceptors (Lipinski definition) is 4. The third-order valence-corrected chi connectivity index (χ3v) is 7.41. The Morgan fingerprint density at radius 1 is 1.03 bits per heavy atom. The van der Waals surface area contributed by atoms with E-state index >= 15 is 0 Å². The van der Waals surface area contributed by atoms with Crippen molar-refractivity contribution in [1.82, 2.24) is 10.3 Å². The molecule has 0 aliphatic heterocycles. The molecule has 0 fully saturated rings. The first-order chi connectivity index (χ1) is 18.4. The minimum Gasteiger partial charge on any atom is -0.355 e. The highest BCUT2D eigenvalue weighted by atomic mass is 14.9. The number of aryl methyl sites for hydroxylation is 2. The molecule has 3 aromatic rings. The zero-order valence-electron chi connectivity index (χ0n) is 23.0. The topological polar surface area (TPSA) is 60.8 Å². The maximum absolute atomic E-state index is 8.41. The first-order valence-electron chi connectivity index (χ1n) is 13.6. The van der Waals surface area contributed by atoms with Gasteiger partial charge in [0.2, 0.25) is 0 Å². The maximum Gasteiger partial charge on any atom is 0.0664 e. The number of aromatic nitrogens is 1. The number of nitrogens with zero attached hydrogens (tertiary/aromatic N) is 1. The predicted octanol–water partition coefficient (Wildman–Crippen LogP) is 7.68. The van der Waals surface area contributed by atoms with E-state index in [9.17, 15) is 0 Å². The summed E-state index contributed by atoms with van der Waals surface area (Å²) in [5.74, 6) is 0. The highest BCUT2D eigenvalue weighted by molar-refractivity contribution is 5.84. The smallest absolute Gasteiger partial charge is 0.0664 e. The summed E-state index contributed by atoms with van der Waals surface area (Å²) in [5, 5.41) is 15.6. The second kappa shape index (κ2) is 12.7. The van der Waals surface area contributed by atoms with E-state index in [0.717, 1.165) is 60.6 Å². The van der Waals surface area contributed by atoms with E-state index in [0.29, 0.717) is 6.42 Å². The maximum atomic E-state index is 8.41. The van der Waals surface area contributed by atoms with Gasteiger partial charge in [-0.25, -0.2) is 0 Å². The molecule has 1 aliphatic carbocycles. The Balaban J connectivity index is 1.82. The normalized spacial score (nSPS) is 17.2. The molecule has 1 heterocycles. The minimum absolute atomic E-state index is 0.388. The number of allylic oxidation sites excluding steroid dienone is 3. The van der Waals surface area contributed by atoms with Crippen LogP contribution in [0.15, 0.2) is 102 Å². The van der Waals surface area contributed by atoms with Gasteiger partial charge < -0.3 is 16.0 Å². The monoisotopic (exact) mass is 504 g/mol. The van der Waals surface area contributed by atoms with E-state index in [2.05, 4.69) is 98.7 Å². The lowest BCUT2D eigenvalue weighted by Gasteiger charge is -2.42. The van der Waals surface area contributed by atoms with Gasteiger partial charge in [-0.1, -0.05) is 72.7 Å². The number of rotatable bonds is 12. The van der Waals surface area contributed by atoms with Gasteiger partial charge in [0.05, 0.1) is 5.69 Å². The zero-order chi connectivity index (χ0) is 27.0. The van der Waals surface area contributed by atoms with Gasteiger partial charge in [-0.05, 0) is 99.7 Å². The Bertz CT molecular complexity index is 1320. The zero-order valence-corrected chi connectivity index (χ0v) is 23.0. The molecule has 4 rings (SSSR count). The van der Waals surface area contributed by atoms with Crippen molar-refractivity contribution in [1.29, 1.82) is 5.41 Å². The van der Waals surface area contributed by atoms with E-state index in [4.69, 9.17) is 10.4 Å². The molecule has 196 valence electrons. The highest BCUT2D eigenvalue weighted by Crippen LogP contribution is 2.51. The number of hydrogen-bond donors (Lipinski definition) is 3. The molecular weight excluding hydrogens is 464 g/mol. The second-order valence-electron chi connectivity index (χ2n) is 10.4. The molecule has 0 bridgehead atoms. The summed E-state index contributed by atoms with van der Waals surface area (Å²) in [6.07, 6.45) is 9.12. The molecular formula is C34H40N4. The summed E-state index contributed by atoms with van der Waals surface area (Å²) >= 11 is 0. The molecule has 1 aromatic heterocycles. The Morgan fingerprint density at radius 3 is 2.53 bits per heavy atom. The van der Waals surface area contributed by atoms with Crippen molar-refractivity contribution in [2.75, 3.05) is 18.4 Å². The van der Waals surface area contributed by atoms with Crippen LogP contribution in [0.3, 0.4) is 0 Å². The fraction of sp³-hybridized carbons (Fsp3) is 0.294. The van der Waals surface area contributed by atoms with E-state index in [1.807, 2.05) is 18.3 Å². The fourth-order valence-electron chi connectivity index (χ4n) is 5.35. The van der Waals surface area contributed by atoms with Crippen LogP contribution in [0.4, 0.5) is 5.69 Å². The molecule has 1 atom stereocenters. The van der Waals surface area contributed by atoms with E-state index in [1.54, 1.807) is 0 Å². The molecule has 0 spiro atoms. The lowest BCUT2D eigenvalue weighted by atomic mass is 9.62. The molecule has 38 heavy (non-hydrogen) atoms. The van der Waals surface area contributed by atoms with E-state index in [-0.39, 0.29) is 5.41 Å². The SMILES string of the molecule is C=C(c1ccccn1)C1(Cc2cccc(C)c2)CC(C=N)=C(Nc2ccc(C)cc2)C=C1CCNCCC. The second-order valence-corrected chi connectivity index (χ2v) is 10.4. The molecule has 0 amide bonds. The average Bonchev–Trinajstić information content (AvgIpc) is 2.93. The number of nitrogens with one attached hydrogen (secondary N) is 3. The van der Waals surface area contributed by atoms with Crippen LogP contribution in [-0.4, -0.2) is 24.3 Å². The standard InChI is InChI=1S/C34H40N4/c1-5-17-36-19-16-30-21-33(38-31-14-12-25(2)13-15-31)29(24-35)23-34(30,22-28-10-8-9-26(3)20-28)27(4)32-11-6-7-18-37-32/h6-15,18,20-21,24,35-36,38H,4-5,16-17,19,22-23H2,1-3H3. The number of pyridine rings is 1.